The Morgan fingerprint density at radius 2 is 1.87 bits per heavy atom. The largest absolute Gasteiger partial charge is 0.497 e. The Morgan fingerprint density at radius 3 is 2.40 bits per heavy atom. The lowest BCUT2D eigenvalue weighted by Crippen LogP contribution is -2.53. The monoisotopic (exact) mass is 403 g/mol. The predicted molar refractivity (Wildman–Crippen MR) is 111 cm³/mol. The number of fused-ring (bicyclic) bond motifs is 1. The first-order chi connectivity index (χ1) is 14.4. The van der Waals surface area contributed by atoms with Crippen LogP contribution in [0.3, 0.4) is 0 Å². The summed E-state index contributed by atoms with van der Waals surface area (Å²) in [6, 6.07) is 12.0. The van der Waals surface area contributed by atoms with Crippen LogP contribution < -0.4 is 9.47 Å². The van der Waals surface area contributed by atoms with E-state index in [4.69, 9.17) is 14.9 Å². The van der Waals surface area contributed by atoms with Crippen molar-refractivity contribution >= 4 is 5.71 Å². The summed E-state index contributed by atoms with van der Waals surface area (Å²) < 4.78 is 10.9. The molecule has 0 radical (unpaired) electrons. The zero-order valence-corrected chi connectivity index (χ0v) is 17.6. The number of benzene rings is 1. The summed E-state index contributed by atoms with van der Waals surface area (Å²) in [5.41, 5.74) is -0.452. The molecule has 30 heavy (non-hydrogen) atoms. The molecule has 1 N–H and O–H groups in total. The van der Waals surface area contributed by atoms with Gasteiger partial charge in [-0.2, -0.15) is 15.8 Å². The number of hydrogen-bond donors (Lipinski definition) is 1. The number of nitriles is 3. The summed E-state index contributed by atoms with van der Waals surface area (Å²) in [6.07, 6.45) is 1.91. The molecule has 1 heterocycles. The smallest absolute Gasteiger partial charge is 0.203 e. The van der Waals surface area contributed by atoms with Gasteiger partial charge in [0, 0.05) is 37.0 Å². The number of nitrogens with zero attached hydrogens (tertiary/aromatic N) is 4. The Labute approximate surface area is 177 Å². The van der Waals surface area contributed by atoms with Crippen molar-refractivity contribution < 1.29 is 9.47 Å². The van der Waals surface area contributed by atoms with Crippen LogP contribution in [0.5, 0.6) is 11.5 Å². The highest BCUT2D eigenvalue weighted by molar-refractivity contribution is 6.01. The van der Waals surface area contributed by atoms with E-state index in [1.165, 1.54) is 0 Å². The highest BCUT2D eigenvalue weighted by atomic mass is 16.5. The van der Waals surface area contributed by atoms with Crippen LogP contribution in [0.1, 0.15) is 25.3 Å². The zero-order chi connectivity index (χ0) is 22.1. The molecule has 1 aromatic carbocycles. The van der Waals surface area contributed by atoms with E-state index < -0.39 is 17.3 Å². The standard InChI is InChI=1S/C23H25N5O2/c1-14(2)28-8-7-19-18(11-28)21(16-6-5-15(29-3)9-20(16)30-4)17(10-24)22(27)23(19,12-25)13-26/h5-7,9,14,17-18,21,27H,8,11H2,1-4H3/t17-,18-,21-/m1/s1. The first-order valence-corrected chi connectivity index (χ1v) is 9.86. The summed E-state index contributed by atoms with van der Waals surface area (Å²) in [5, 5.41) is 38.6. The Bertz CT molecular complexity index is 994. The summed E-state index contributed by atoms with van der Waals surface area (Å²) in [7, 11) is 3.13. The fourth-order valence-electron chi connectivity index (χ4n) is 4.66. The van der Waals surface area contributed by atoms with E-state index in [1.807, 2.05) is 12.1 Å². The van der Waals surface area contributed by atoms with Crippen molar-refractivity contribution in [2.45, 2.75) is 25.8 Å². The Balaban J connectivity index is 2.25. The predicted octanol–water partition coefficient (Wildman–Crippen LogP) is 3.26. The number of hydrogen-bond acceptors (Lipinski definition) is 7. The van der Waals surface area contributed by atoms with Crippen LogP contribution in [-0.4, -0.2) is 44.0 Å². The second kappa shape index (κ2) is 8.19. The maximum atomic E-state index is 10.0. The highest BCUT2D eigenvalue weighted by Gasteiger charge is 2.57. The number of nitrogens with one attached hydrogen (secondary N) is 1. The van der Waals surface area contributed by atoms with Gasteiger partial charge in [0.15, 0.2) is 0 Å². The lowest BCUT2D eigenvalue weighted by molar-refractivity contribution is 0.174. The van der Waals surface area contributed by atoms with Crippen molar-refractivity contribution in [2.75, 3.05) is 27.3 Å². The van der Waals surface area contributed by atoms with E-state index in [2.05, 4.69) is 37.0 Å². The minimum Gasteiger partial charge on any atom is -0.497 e. The third-order valence-electron chi connectivity index (χ3n) is 6.32. The summed E-state index contributed by atoms with van der Waals surface area (Å²) in [6.45, 7) is 5.39. The van der Waals surface area contributed by atoms with Crippen molar-refractivity contribution in [3.05, 3.63) is 35.4 Å². The van der Waals surface area contributed by atoms with Crippen LogP contribution in [0.2, 0.25) is 0 Å². The topological polar surface area (TPSA) is 117 Å². The molecule has 0 bridgehead atoms. The molecule has 3 atom stereocenters. The molecule has 1 aliphatic heterocycles. The van der Waals surface area contributed by atoms with Gasteiger partial charge in [0.2, 0.25) is 5.41 Å². The fourth-order valence-corrected chi connectivity index (χ4v) is 4.66. The van der Waals surface area contributed by atoms with Gasteiger partial charge in [-0.15, -0.1) is 0 Å². The maximum absolute atomic E-state index is 10.0. The lowest BCUT2D eigenvalue weighted by atomic mass is 9.55. The molecular weight excluding hydrogens is 378 g/mol. The molecule has 0 unspecified atom stereocenters. The average Bonchev–Trinajstić information content (AvgIpc) is 2.78. The molecular formula is C23H25N5O2. The molecule has 154 valence electrons. The Hall–Kier alpha value is -3.34. The van der Waals surface area contributed by atoms with Crippen LogP contribution in [0, 0.1) is 56.7 Å². The molecule has 7 heteroatoms. The maximum Gasteiger partial charge on any atom is 0.203 e. The van der Waals surface area contributed by atoms with Crippen molar-refractivity contribution in [3.8, 4) is 29.7 Å². The second-order valence-corrected chi connectivity index (χ2v) is 7.94. The number of rotatable bonds is 4. The lowest BCUT2D eigenvalue weighted by Gasteiger charge is -2.48. The van der Waals surface area contributed by atoms with Crippen molar-refractivity contribution in [1.29, 1.82) is 21.2 Å². The van der Waals surface area contributed by atoms with E-state index in [-0.39, 0.29) is 17.7 Å². The molecule has 0 amide bonds. The minimum atomic E-state index is -1.70. The minimum absolute atomic E-state index is 0.154. The third kappa shape index (κ3) is 3.11. The summed E-state index contributed by atoms with van der Waals surface area (Å²) >= 11 is 0. The first kappa shape index (κ1) is 21.4. The van der Waals surface area contributed by atoms with Crippen LogP contribution in [0.25, 0.3) is 0 Å². The Kier molecular flexibility index (Phi) is 5.83. The molecule has 0 spiro atoms. The fraction of sp³-hybridized carbons (Fsp3) is 0.478. The Morgan fingerprint density at radius 1 is 1.17 bits per heavy atom. The molecule has 1 aliphatic carbocycles. The van der Waals surface area contributed by atoms with Crippen LogP contribution in [0.4, 0.5) is 0 Å². The quantitative estimate of drug-likeness (QED) is 0.771. The normalized spacial score (nSPS) is 25.3. The third-order valence-corrected chi connectivity index (χ3v) is 6.32. The second-order valence-electron chi connectivity index (χ2n) is 7.94. The van der Waals surface area contributed by atoms with Gasteiger partial charge in [-0.3, -0.25) is 4.90 Å². The van der Waals surface area contributed by atoms with Gasteiger partial charge in [-0.1, -0.05) is 12.1 Å². The zero-order valence-electron chi connectivity index (χ0n) is 17.6. The van der Waals surface area contributed by atoms with Gasteiger partial charge in [-0.25, -0.2) is 0 Å². The molecule has 1 saturated carbocycles. The van der Waals surface area contributed by atoms with Gasteiger partial charge >= 0.3 is 0 Å². The average molecular weight is 403 g/mol. The van der Waals surface area contributed by atoms with E-state index in [9.17, 15) is 15.8 Å². The van der Waals surface area contributed by atoms with E-state index in [1.54, 1.807) is 26.4 Å². The van der Waals surface area contributed by atoms with Gasteiger partial charge in [0.05, 0.1) is 44.1 Å². The van der Waals surface area contributed by atoms with E-state index in [0.29, 0.717) is 30.2 Å². The van der Waals surface area contributed by atoms with Crippen LogP contribution >= 0.6 is 0 Å². The number of methoxy groups -OCH3 is 2. The van der Waals surface area contributed by atoms with Crippen molar-refractivity contribution in [3.63, 3.8) is 0 Å². The van der Waals surface area contributed by atoms with Gasteiger partial charge in [0.1, 0.15) is 11.5 Å². The van der Waals surface area contributed by atoms with Crippen molar-refractivity contribution in [1.82, 2.24) is 4.90 Å². The van der Waals surface area contributed by atoms with Crippen LogP contribution in [0.15, 0.2) is 29.8 Å². The molecule has 0 aromatic heterocycles. The molecule has 7 nitrogen and oxygen atoms in total. The SMILES string of the molecule is COc1ccc([C@H]2[C@@H]3CN(C(C)C)CC=C3C(C#N)(C#N)C(=N)[C@@H]2C#N)c(OC)c1. The highest BCUT2D eigenvalue weighted by Crippen LogP contribution is 2.54. The summed E-state index contributed by atoms with van der Waals surface area (Å²) in [4.78, 5) is 2.25. The molecule has 1 aromatic rings. The first-order valence-electron chi connectivity index (χ1n) is 9.86. The molecule has 3 rings (SSSR count). The molecule has 0 saturated heterocycles. The summed E-state index contributed by atoms with van der Waals surface area (Å²) in [5.74, 6) is -0.398. The van der Waals surface area contributed by atoms with Crippen LogP contribution in [-0.2, 0) is 0 Å². The molecule has 2 aliphatic rings. The van der Waals surface area contributed by atoms with E-state index in [0.717, 1.165) is 5.56 Å². The van der Waals surface area contributed by atoms with Gasteiger partial charge < -0.3 is 14.9 Å². The van der Waals surface area contributed by atoms with Gasteiger partial charge in [0.25, 0.3) is 0 Å². The molecule has 1 fully saturated rings. The van der Waals surface area contributed by atoms with Crippen molar-refractivity contribution in [2.24, 2.45) is 17.3 Å². The van der Waals surface area contributed by atoms with E-state index >= 15 is 0 Å². The van der Waals surface area contributed by atoms with Gasteiger partial charge in [-0.05, 0) is 31.1 Å². The number of ether oxygens (including phenoxy) is 2.